The largest absolute Gasteiger partial charge is 0.312 e. The zero-order valence-electron chi connectivity index (χ0n) is 16.0. The van der Waals surface area contributed by atoms with Crippen LogP contribution in [0.5, 0.6) is 0 Å². The van der Waals surface area contributed by atoms with E-state index >= 15 is 0 Å². The lowest BCUT2D eigenvalue weighted by Gasteiger charge is -2.24. The van der Waals surface area contributed by atoms with Crippen LogP contribution >= 0.6 is 11.8 Å². The summed E-state index contributed by atoms with van der Waals surface area (Å²) in [5.74, 6) is 0.342. The summed E-state index contributed by atoms with van der Waals surface area (Å²) in [6, 6.07) is 5.52. The molecule has 29 heavy (non-hydrogen) atoms. The Morgan fingerprint density at radius 1 is 1.00 bits per heavy atom. The third-order valence-electron chi connectivity index (χ3n) is 5.60. The van der Waals surface area contributed by atoms with Crippen LogP contribution in [-0.2, 0) is 0 Å². The zero-order chi connectivity index (χ0) is 20.0. The first kappa shape index (κ1) is 18.1. The first-order chi connectivity index (χ1) is 14.2. The van der Waals surface area contributed by atoms with E-state index in [1.54, 1.807) is 18.3 Å². The van der Waals surface area contributed by atoms with Crippen molar-refractivity contribution in [1.29, 1.82) is 0 Å². The molecule has 4 aromatic heterocycles. The Bertz CT molecular complexity index is 1330. The zero-order valence-corrected chi connectivity index (χ0v) is 16.8. The van der Waals surface area contributed by atoms with Crippen molar-refractivity contribution in [2.45, 2.75) is 43.3 Å². The fourth-order valence-electron chi connectivity index (χ4n) is 4.09. The van der Waals surface area contributed by atoms with Gasteiger partial charge in [-0.05, 0) is 37.3 Å². The predicted molar refractivity (Wildman–Crippen MR) is 113 cm³/mol. The molecule has 0 atom stereocenters. The normalized spacial score (nSPS) is 15.3. The lowest BCUT2D eigenvalue weighted by atomic mass is 9.95. The van der Waals surface area contributed by atoms with Gasteiger partial charge in [0.15, 0.2) is 0 Å². The third kappa shape index (κ3) is 3.05. The number of hydrogen-bond acceptors (Lipinski definition) is 6. The molecule has 0 amide bonds. The van der Waals surface area contributed by atoms with Crippen LogP contribution in [0.4, 0.5) is 0 Å². The van der Waals surface area contributed by atoms with Gasteiger partial charge in [-0.2, -0.15) is 4.98 Å². The van der Waals surface area contributed by atoms with E-state index in [-0.39, 0.29) is 17.2 Å². The van der Waals surface area contributed by atoms with Gasteiger partial charge in [-0.3, -0.25) is 14.2 Å². The van der Waals surface area contributed by atoms with E-state index in [0.717, 1.165) is 25.7 Å². The highest BCUT2D eigenvalue weighted by atomic mass is 32.2. The molecule has 1 saturated carbocycles. The average molecular weight is 408 g/mol. The van der Waals surface area contributed by atoms with Crippen molar-refractivity contribution in [1.82, 2.24) is 29.3 Å². The van der Waals surface area contributed by atoms with Crippen molar-refractivity contribution in [3.8, 4) is 5.95 Å². The highest BCUT2D eigenvalue weighted by Gasteiger charge is 2.18. The number of aromatic nitrogens is 6. The van der Waals surface area contributed by atoms with Crippen molar-refractivity contribution < 1.29 is 0 Å². The summed E-state index contributed by atoms with van der Waals surface area (Å²) in [4.78, 5) is 35.1. The van der Waals surface area contributed by atoms with Gasteiger partial charge < -0.3 is 4.57 Å². The lowest BCUT2D eigenvalue weighted by molar-refractivity contribution is 0.347. The summed E-state index contributed by atoms with van der Waals surface area (Å²) in [5.41, 5.74) is 0.797. The van der Waals surface area contributed by atoms with E-state index in [1.807, 2.05) is 23.1 Å². The van der Waals surface area contributed by atoms with Gasteiger partial charge >= 0.3 is 0 Å². The maximum atomic E-state index is 13.2. The summed E-state index contributed by atoms with van der Waals surface area (Å²) in [5, 5.41) is 8.25. The van der Waals surface area contributed by atoms with Gasteiger partial charge in [0.05, 0.1) is 21.8 Å². The van der Waals surface area contributed by atoms with Gasteiger partial charge in [-0.15, -0.1) is 5.10 Å². The van der Waals surface area contributed by atoms with Crippen molar-refractivity contribution in [2.75, 3.05) is 6.26 Å². The lowest BCUT2D eigenvalue weighted by Crippen LogP contribution is -2.26. The Hall–Kier alpha value is -2.94. The van der Waals surface area contributed by atoms with Crippen LogP contribution < -0.4 is 11.1 Å². The second-order valence-corrected chi connectivity index (χ2v) is 8.08. The number of pyridine rings is 3. The molecule has 4 heterocycles. The maximum absolute atomic E-state index is 13.2. The molecule has 0 radical (unpaired) electrons. The van der Waals surface area contributed by atoms with Crippen LogP contribution in [0.15, 0.2) is 45.3 Å². The smallest absolute Gasteiger partial charge is 0.266 e. The first-order valence-corrected chi connectivity index (χ1v) is 10.9. The topological polar surface area (TPSA) is 98.5 Å². The second kappa shape index (κ2) is 7.14. The number of H-pyrrole nitrogens is 1. The molecule has 4 aromatic rings. The number of rotatable bonds is 3. The van der Waals surface area contributed by atoms with Gasteiger partial charge in [0.2, 0.25) is 11.1 Å². The molecule has 0 aromatic carbocycles. The number of fused-ring (bicyclic) bond motifs is 2. The Morgan fingerprint density at radius 2 is 1.72 bits per heavy atom. The summed E-state index contributed by atoms with van der Waals surface area (Å²) in [7, 11) is 0. The molecule has 8 nitrogen and oxygen atoms in total. The Balaban J connectivity index is 1.69. The van der Waals surface area contributed by atoms with Crippen LogP contribution in [0, 0.1) is 0 Å². The van der Waals surface area contributed by atoms with Crippen LogP contribution in [0.1, 0.15) is 38.1 Å². The SMILES string of the molecule is CSc1n[nH]c(-n2ccc3nc4ccn(C5CCCCC5)c(=O)c4cc3c2=O)n1. The van der Waals surface area contributed by atoms with E-state index in [0.29, 0.717) is 32.9 Å². The van der Waals surface area contributed by atoms with Gasteiger partial charge in [0.25, 0.3) is 11.1 Å². The third-order valence-corrected chi connectivity index (χ3v) is 6.15. The predicted octanol–water partition coefficient (Wildman–Crippen LogP) is 3.05. The number of aromatic amines is 1. The standard InChI is InChI=1S/C20H20N6O2S/c1-29-20-22-19(23-24-20)26-10-8-16-14(18(26)28)11-13-15(21-16)7-9-25(17(13)27)12-5-3-2-4-6-12/h7-12H,2-6H2,1H3,(H,22,23,24). The Labute approximate surface area is 170 Å². The van der Waals surface area contributed by atoms with Crippen molar-refractivity contribution >= 4 is 33.6 Å². The van der Waals surface area contributed by atoms with E-state index in [4.69, 9.17) is 0 Å². The van der Waals surface area contributed by atoms with E-state index in [2.05, 4.69) is 20.2 Å². The summed E-state index contributed by atoms with van der Waals surface area (Å²) in [6.07, 6.45) is 10.9. The molecule has 0 aliphatic heterocycles. The van der Waals surface area contributed by atoms with E-state index in [9.17, 15) is 9.59 Å². The fourth-order valence-corrected chi connectivity index (χ4v) is 4.41. The second-order valence-electron chi connectivity index (χ2n) is 7.31. The molecule has 1 N–H and O–H groups in total. The minimum absolute atomic E-state index is 0.0806. The average Bonchev–Trinajstić information content (AvgIpc) is 3.23. The van der Waals surface area contributed by atoms with Crippen LogP contribution in [0.3, 0.4) is 0 Å². The Morgan fingerprint density at radius 3 is 2.45 bits per heavy atom. The quantitative estimate of drug-likeness (QED) is 0.413. The van der Waals surface area contributed by atoms with E-state index < -0.39 is 0 Å². The fraction of sp³-hybridized carbons (Fsp3) is 0.350. The maximum Gasteiger partial charge on any atom is 0.266 e. The van der Waals surface area contributed by atoms with Gasteiger partial charge in [0.1, 0.15) is 0 Å². The minimum atomic E-state index is -0.284. The van der Waals surface area contributed by atoms with Gasteiger partial charge in [-0.25, -0.2) is 10.1 Å². The van der Waals surface area contributed by atoms with Crippen LogP contribution in [0.2, 0.25) is 0 Å². The molecule has 5 rings (SSSR count). The molecule has 0 bridgehead atoms. The molecular weight excluding hydrogens is 388 g/mol. The minimum Gasteiger partial charge on any atom is -0.312 e. The highest BCUT2D eigenvalue weighted by Crippen LogP contribution is 2.27. The Kier molecular flexibility index (Phi) is 4.46. The first-order valence-electron chi connectivity index (χ1n) is 9.70. The van der Waals surface area contributed by atoms with Crippen LogP contribution in [0.25, 0.3) is 27.8 Å². The number of nitrogens with one attached hydrogen (secondary N) is 1. The molecule has 0 saturated heterocycles. The van der Waals surface area contributed by atoms with Crippen molar-refractivity contribution in [2.24, 2.45) is 0 Å². The molecule has 9 heteroatoms. The van der Waals surface area contributed by atoms with Crippen molar-refractivity contribution in [3.63, 3.8) is 0 Å². The summed E-state index contributed by atoms with van der Waals surface area (Å²) >= 11 is 1.39. The molecule has 1 aliphatic rings. The molecule has 0 spiro atoms. The van der Waals surface area contributed by atoms with Gasteiger partial charge in [0, 0.05) is 18.4 Å². The number of thioether (sulfide) groups is 1. The summed E-state index contributed by atoms with van der Waals surface area (Å²) < 4.78 is 3.21. The van der Waals surface area contributed by atoms with Crippen LogP contribution in [-0.4, -0.2) is 35.6 Å². The monoisotopic (exact) mass is 408 g/mol. The number of nitrogens with zero attached hydrogens (tertiary/aromatic N) is 5. The molecule has 1 aliphatic carbocycles. The molecular formula is C20H20N6O2S. The van der Waals surface area contributed by atoms with E-state index in [1.165, 1.54) is 22.7 Å². The highest BCUT2D eigenvalue weighted by molar-refractivity contribution is 7.98. The van der Waals surface area contributed by atoms with Crippen molar-refractivity contribution in [3.05, 3.63) is 51.3 Å². The summed E-state index contributed by atoms with van der Waals surface area (Å²) in [6.45, 7) is 0. The molecule has 0 unspecified atom stereocenters. The number of hydrogen-bond donors (Lipinski definition) is 1. The molecule has 148 valence electrons. The van der Waals surface area contributed by atoms with Gasteiger partial charge in [-0.1, -0.05) is 31.0 Å². The molecule has 1 fully saturated rings.